The lowest BCUT2D eigenvalue weighted by Gasteiger charge is -2.14. The first-order valence-electron chi connectivity index (χ1n) is 10.7. The molecule has 1 aliphatic carbocycles. The van der Waals surface area contributed by atoms with Crippen molar-refractivity contribution in [3.63, 3.8) is 0 Å². The Kier molecular flexibility index (Phi) is 6.77. The summed E-state index contributed by atoms with van der Waals surface area (Å²) in [7, 11) is 0. The number of aromatic nitrogens is 2. The molecule has 2 heterocycles. The van der Waals surface area contributed by atoms with Gasteiger partial charge in [0.1, 0.15) is 10.6 Å². The first-order valence-corrected chi connectivity index (χ1v) is 12.5. The number of aryl methyl sites for hydroxylation is 2. The number of nitrogens with one attached hydrogen (secondary N) is 1. The standard InChI is InChI=1S/C23H26FN3O2S2/c1-14(2)11-12-27-22(29)20-15-7-3-6-10-18(15)31-21(20)26-23(27)30-13-19(28)25-17-9-5-4-8-16(17)24/h4-5,8-9,14H,3,6-7,10-13H2,1-2H3,(H,25,28). The highest BCUT2D eigenvalue weighted by atomic mass is 32.2. The Morgan fingerprint density at radius 2 is 2.06 bits per heavy atom. The summed E-state index contributed by atoms with van der Waals surface area (Å²) < 4.78 is 15.5. The van der Waals surface area contributed by atoms with Crippen LogP contribution in [0.2, 0.25) is 0 Å². The smallest absolute Gasteiger partial charge is 0.263 e. The number of carbonyl (C=O) groups excluding carboxylic acids is 1. The molecule has 0 radical (unpaired) electrons. The average molecular weight is 460 g/mol. The second kappa shape index (κ2) is 9.53. The van der Waals surface area contributed by atoms with Gasteiger partial charge in [-0.1, -0.05) is 37.7 Å². The number of fused-ring (bicyclic) bond motifs is 3. The molecular formula is C23H26FN3O2S2. The van der Waals surface area contributed by atoms with E-state index in [2.05, 4.69) is 19.2 Å². The van der Waals surface area contributed by atoms with Gasteiger partial charge in [-0.2, -0.15) is 0 Å². The van der Waals surface area contributed by atoms with E-state index >= 15 is 0 Å². The van der Waals surface area contributed by atoms with Gasteiger partial charge in [-0.3, -0.25) is 14.2 Å². The average Bonchev–Trinajstić information content (AvgIpc) is 3.11. The maximum absolute atomic E-state index is 13.8. The van der Waals surface area contributed by atoms with Crippen molar-refractivity contribution in [1.82, 2.24) is 9.55 Å². The number of rotatable bonds is 7. The normalized spacial score (nSPS) is 13.5. The number of anilines is 1. The van der Waals surface area contributed by atoms with Crippen LogP contribution in [-0.2, 0) is 24.2 Å². The monoisotopic (exact) mass is 459 g/mol. The lowest BCUT2D eigenvalue weighted by molar-refractivity contribution is -0.113. The van der Waals surface area contributed by atoms with Gasteiger partial charge in [0.2, 0.25) is 5.91 Å². The molecule has 0 fully saturated rings. The van der Waals surface area contributed by atoms with Gasteiger partial charge in [0, 0.05) is 11.4 Å². The van der Waals surface area contributed by atoms with Crippen molar-refractivity contribution >= 4 is 44.9 Å². The third-order valence-corrected chi connectivity index (χ3v) is 7.61. The zero-order valence-corrected chi connectivity index (χ0v) is 19.4. The van der Waals surface area contributed by atoms with Crippen molar-refractivity contribution in [2.75, 3.05) is 11.1 Å². The molecule has 0 saturated carbocycles. The summed E-state index contributed by atoms with van der Waals surface area (Å²) in [6.07, 6.45) is 5.06. The van der Waals surface area contributed by atoms with E-state index in [1.165, 1.54) is 34.3 Å². The van der Waals surface area contributed by atoms with E-state index in [-0.39, 0.29) is 22.9 Å². The second-order valence-electron chi connectivity index (χ2n) is 8.24. The van der Waals surface area contributed by atoms with Crippen LogP contribution in [0.4, 0.5) is 10.1 Å². The number of benzene rings is 1. The Morgan fingerprint density at radius 3 is 2.84 bits per heavy atom. The molecule has 2 aromatic heterocycles. The van der Waals surface area contributed by atoms with Crippen molar-refractivity contribution in [3.05, 3.63) is 50.9 Å². The molecule has 0 aliphatic heterocycles. The number of carbonyl (C=O) groups is 1. The Labute approximate surface area is 189 Å². The second-order valence-corrected chi connectivity index (χ2v) is 10.3. The summed E-state index contributed by atoms with van der Waals surface area (Å²) in [4.78, 5) is 32.7. The van der Waals surface area contributed by atoms with Crippen LogP contribution >= 0.6 is 23.1 Å². The van der Waals surface area contributed by atoms with E-state index in [0.29, 0.717) is 17.6 Å². The van der Waals surface area contributed by atoms with Gasteiger partial charge in [0.05, 0.1) is 16.8 Å². The fourth-order valence-corrected chi connectivity index (χ4v) is 5.92. The lowest BCUT2D eigenvalue weighted by atomic mass is 9.97. The molecule has 4 rings (SSSR count). The summed E-state index contributed by atoms with van der Waals surface area (Å²) in [6, 6.07) is 6.08. The van der Waals surface area contributed by atoms with Gasteiger partial charge in [-0.25, -0.2) is 9.37 Å². The van der Waals surface area contributed by atoms with Crippen LogP contribution in [0.1, 0.15) is 43.6 Å². The zero-order valence-electron chi connectivity index (χ0n) is 17.7. The molecule has 1 amide bonds. The minimum atomic E-state index is -0.474. The summed E-state index contributed by atoms with van der Waals surface area (Å²) in [5.74, 6) is -0.302. The fourth-order valence-electron chi connectivity index (χ4n) is 3.79. The molecule has 1 N–H and O–H groups in total. The SMILES string of the molecule is CC(C)CCn1c(SCC(=O)Nc2ccccc2F)nc2sc3c(c2c1=O)CCCC3. The topological polar surface area (TPSA) is 64.0 Å². The summed E-state index contributed by atoms with van der Waals surface area (Å²) >= 11 is 2.84. The molecule has 5 nitrogen and oxygen atoms in total. The van der Waals surface area contributed by atoms with Crippen LogP contribution in [0.25, 0.3) is 10.2 Å². The Bertz CT molecular complexity index is 1170. The Morgan fingerprint density at radius 1 is 1.29 bits per heavy atom. The predicted molar refractivity (Wildman–Crippen MR) is 126 cm³/mol. The molecule has 1 aliphatic rings. The van der Waals surface area contributed by atoms with E-state index < -0.39 is 5.82 Å². The van der Waals surface area contributed by atoms with Gasteiger partial charge in [0.15, 0.2) is 5.16 Å². The third kappa shape index (κ3) is 4.85. The number of nitrogens with zero attached hydrogens (tertiary/aromatic N) is 2. The molecule has 1 aromatic carbocycles. The van der Waals surface area contributed by atoms with Crippen molar-refractivity contribution in [3.8, 4) is 0 Å². The molecule has 0 atom stereocenters. The number of amides is 1. The van der Waals surface area contributed by atoms with Crippen molar-refractivity contribution in [1.29, 1.82) is 0 Å². The number of para-hydroxylation sites is 1. The van der Waals surface area contributed by atoms with Crippen LogP contribution in [0.15, 0.2) is 34.2 Å². The highest BCUT2D eigenvalue weighted by Crippen LogP contribution is 2.34. The van der Waals surface area contributed by atoms with Gasteiger partial charge in [-0.05, 0) is 55.7 Å². The minimum absolute atomic E-state index is 0.00191. The lowest BCUT2D eigenvalue weighted by Crippen LogP contribution is -2.25. The molecular weight excluding hydrogens is 433 g/mol. The van der Waals surface area contributed by atoms with E-state index in [1.54, 1.807) is 28.0 Å². The van der Waals surface area contributed by atoms with Gasteiger partial charge < -0.3 is 5.32 Å². The third-order valence-electron chi connectivity index (χ3n) is 5.45. The maximum Gasteiger partial charge on any atom is 0.263 e. The van der Waals surface area contributed by atoms with Crippen LogP contribution in [0, 0.1) is 11.7 Å². The molecule has 0 spiro atoms. The van der Waals surface area contributed by atoms with E-state index in [1.807, 2.05) is 0 Å². The van der Waals surface area contributed by atoms with Gasteiger partial charge in [0.25, 0.3) is 5.56 Å². The first kappa shape index (κ1) is 22.0. The molecule has 8 heteroatoms. The molecule has 0 saturated heterocycles. The highest BCUT2D eigenvalue weighted by molar-refractivity contribution is 7.99. The zero-order chi connectivity index (χ0) is 22.0. The van der Waals surface area contributed by atoms with Crippen LogP contribution in [0.5, 0.6) is 0 Å². The number of hydrogen-bond donors (Lipinski definition) is 1. The number of thiophene rings is 1. The van der Waals surface area contributed by atoms with Gasteiger partial charge >= 0.3 is 0 Å². The molecule has 3 aromatic rings. The van der Waals surface area contributed by atoms with Crippen LogP contribution in [0.3, 0.4) is 0 Å². The quantitative estimate of drug-likeness (QED) is 0.387. The fraction of sp³-hybridized carbons (Fsp3) is 0.435. The minimum Gasteiger partial charge on any atom is -0.323 e. The van der Waals surface area contributed by atoms with Crippen LogP contribution in [-0.4, -0.2) is 21.2 Å². The Hall–Kier alpha value is -2.19. The van der Waals surface area contributed by atoms with Gasteiger partial charge in [-0.15, -0.1) is 11.3 Å². The Balaban J connectivity index is 1.62. The molecule has 0 bridgehead atoms. The summed E-state index contributed by atoms with van der Waals surface area (Å²) in [5.41, 5.74) is 1.33. The molecule has 31 heavy (non-hydrogen) atoms. The number of halogens is 1. The predicted octanol–water partition coefficient (Wildman–Crippen LogP) is 5.25. The maximum atomic E-state index is 13.8. The number of thioether (sulfide) groups is 1. The summed E-state index contributed by atoms with van der Waals surface area (Å²) in [6.45, 7) is 4.82. The van der Waals surface area contributed by atoms with E-state index in [9.17, 15) is 14.0 Å². The molecule has 0 unspecified atom stereocenters. The largest absolute Gasteiger partial charge is 0.323 e. The highest BCUT2D eigenvalue weighted by Gasteiger charge is 2.22. The van der Waals surface area contributed by atoms with Crippen molar-refractivity contribution in [2.24, 2.45) is 5.92 Å². The molecule has 164 valence electrons. The summed E-state index contributed by atoms with van der Waals surface area (Å²) in [5, 5.41) is 3.92. The number of hydrogen-bond acceptors (Lipinski definition) is 5. The van der Waals surface area contributed by atoms with E-state index in [0.717, 1.165) is 42.3 Å². The van der Waals surface area contributed by atoms with E-state index in [4.69, 9.17) is 4.98 Å². The first-order chi connectivity index (χ1) is 14.9. The van der Waals surface area contributed by atoms with Crippen molar-refractivity contribution < 1.29 is 9.18 Å². The van der Waals surface area contributed by atoms with Crippen molar-refractivity contribution in [2.45, 2.75) is 57.7 Å². The van der Waals surface area contributed by atoms with Crippen LogP contribution < -0.4 is 10.9 Å².